The van der Waals surface area contributed by atoms with E-state index in [0.29, 0.717) is 94.4 Å². The Morgan fingerprint density at radius 1 is 0.297 bits per heavy atom. The van der Waals surface area contributed by atoms with Gasteiger partial charge >= 0.3 is 71.7 Å². The van der Waals surface area contributed by atoms with E-state index in [0.717, 1.165) is 38.5 Å². The zero-order valence-corrected chi connectivity index (χ0v) is 73.4. The number of para-hydroxylation sites is 12. The molecule has 0 aromatic heterocycles. The van der Waals surface area contributed by atoms with E-state index in [1.807, 2.05) is 27.7 Å². The molecular formula is C78H94Co2Dy2N12O24-2. The van der Waals surface area contributed by atoms with Gasteiger partial charge in [0.05, 0.1) is 59.4 Å². The van der Waals surface area contributed by atoms with Crippen molar-refractivity contribution in [1.29, 1.82) is 0 Å². The predicted molar refractivity (Wildman–Crippen MR) is 420 cm³/mol. The van der Waals surface area contributed by atoms with E-state index in [1.54, 1.807) is 230 Å². The van der Waals surface area contributed by atoms with Crippen LogP contribution in [0.25, 0.3) is 0 Å². The number of carbonyl (C=O) groups is 6. The monoisotopic (exact) mass is 2030 g/mol. The van der Waals surface area contributed by atoms with Gasteiger partial charge in [-0.2, -0.15) is 0 Å². The molecule has 0 atom stereocenters. The van der Waals surface area contributed by atoms with E-state index in [9.17, 15) is 69.6 Å². The molecule has 0 saturated heterocycles. The van der Waals surface area contributed by atoms with Crippen molar-refractivity contribution in [2.24, 2.45) is 20.0 Å². The molecule has 0 heterocycles. The summed E-state index contributed by atoms with van der Waals surface area (Å²) in [5.41, 5.74) is 2.83. The van der Waals surface area contributed by atoms with E-state index in [2.05, 4.69) is 20.0 Å². The van der Waals surface area contributed by atoms with Crippen molar-refractivity contribution < 1.29 is 209 Å². The van der Waals surface area contributed by atoms with E-state index in [1.165, 1.54) is 78.5 Å². The Morgan fingerprint density at radius 2 is 0.432 bits per heavy atom. The van der Waals surface area contributed by atoms with Crippen LogP contribution in [0.3, 0.4) is 0 Å². The van der Waals surface area contributed by atoms with Gasteiger partial charge < -0.3 is 120 Å². The summed E-state index contributed by atoms with van der Waals surface area (Å²) in [6, 6.07) is 45.6. The minimum atomic E-state index is -1.75. The van der Waals surface area contributed by atoms with Gasteiger partial charge in [-0.15, -0.1) is 0 Å². The van der Waals surface area contributed by atoms with Crippen LogP contribution in [0.5, 0.6) is 69.0 Å². The maximum absolute atomic E-state index is 12.0. The first kappa shape index (κ1) is 122. The molecular weight excluding hydrogens is 1930 g/mol. The number of benzene rings is 8. The van der Waals surface area contributed by atoms with Gasteiger partial charge in [0.15, 0.2) is 0 Å². The van der Waals surface area contributed by atoms with Crippen molar-refractivity contribution in [3.05, 3.63) is 223 Å². The Morgan fingerprint density at radius 3 is 0.551 bits per heavy atom. The van der Waals surface area contributed by atoms with E-state index in [-0.39, 0.29) is 156 Å². The molecule has 0 saturated carbocycles. The molecule has 0 aliphatic rings. The molecule has 0 N–H and O–H groups in total. The number of hydrogen-bond donors (Lipinski definition) is 0. The Labute approximate surface area is 767 Å². The second-order valence-electron chi connectivity index (χ2n) is 22.2. The zero-order chi connectivity index (χ0) is 87.5. The van der Waals surface area contributed by atoms with Crippen molar-refractivity contribution in [1.82, 2.24) is 29.4 Å². The maximum Gasteiger partial charge on any atom is 3.00 e. The number of nitrogens with zero attached hydrogens (tertiary/aromatic N) is 12. The fourth-order valence-corrected chi connectivity index (χ4v) is 6.43. The van der Waals surface area contributed by atoms with Crippen LogP contribution in [0, 0.1) is 107 Å². The second-order valence-corrected chi connectivity index (χ2v) is 22.2. The first-order valence-corrected chi connectivity index (χ1v) is 33.2. The fourth-order valence-electron chi connectivity index (χ4n) is 6.43. The largest absolute Gasteiger partial charge is 3.00 e. The first-order valence-electron chi connectivity index (χ1n) is 33.2. The Bertz CT molecular complexity index is 3650. The number of hydrogen-bond acceptors (Lipinski definition) is 28. The molecule has 0 bridgehead atoms. The molecule has 0 aliphatic carbocycles. The van der Waals surface area contributed by atoms with Gasteiger partial charge in [0.1, 0.15) is 23.0 Å². The molecule has 8 rings (SSSR count). The first-order chi connectivity index (χ1) is 54.0. The molecule has 2 radical (unpaired) electrons. The topological polar surface area (TPSA) is 525 Å². The minimum absolute atomic E-state index is 0. The van der Waals surface area contributed by atoms with Crippen LogP contribution < -0.4 is 59.8 Å². The molecule has 0 aliphatic heterocycles. The van der Waals surface area contributed by atoms with Crippen molar-refractivity contribution in [3.8, 4) is 69.0 Å². The van der Waals surface area contributed by atoms with Crippen molar-refractivity contribution in [3.63, 3.8) is 0 Å². The van der Waals surface area contributed by atoms with E-state index < -0.39 is 10.2 Å². The fraction of sp³-hybridized carbons (Fsp3) is 0.256. The number of ether oxygens (including phenoxy) is 4. The van der Waals surface area contributed by atoms with Gasteiger partial charge in [0, 0.05) is 148 Å². The molecule has 0 unspecified atom stereocenters. The maximum atomic E-state index is 12.0. The third-order valence-corrected chi connectivity index (χ3v) is 11.3. The Hall–Kier alpha value is -11.2. The summed E-state index contributed by atoms with van der Waals surface area (Å²) in [6.45, 7) is 8.97. The molecule has 650 valence electrons. The standard InChI is InChI=1S/4C15H15NO3.6C3H7NO.2Co.2Dy.2NO3/c4*1-2-19-14-9-5-6-11(15(14)18)10-16-12-7-3-4-8-13(12)17;6*1-4(2)3-5;;;;;2*2-1(3)4/h4*3-10,17-18H,2H2,1H3;6*3H,1-2H3;;;;;;/q;;;;;;;;;;+2;+3;;+3;2*-1/p-8. The van der Waals surface area contributed by atoms with Gasteiger partial charge in [-0.1, -0.05) is 167 Å². The van der Waals surface area contributed by atoms with Crippen LogP contribution in [-0.4, -0.2) is 214 Å². The molecule has 40 heteroatoms. The van der Waals surface area contributed by atoms with Gasteiger partial charge in [0.25, 0.3) is 0 Å². The Balaban J connectivity index is -0.000000197. The van der Waals surface area contributed by atoms with Gasteiger partial charge in [-0.25, -0.2) is 0 Å². The van der Waals surface area contributed by atoms with Crippen LogP contribution in [0.15, 0.2) is 190 Å². The summed E-state index contributed by atoms with van der Waals surface area (Å²) in [6.07, 6.45) is 10.1. The molecule has 6 amide bonds. The average molecular weight is 2030 g/mol. The normalized spacial score (nSPS) is 9.08. The number of rotatable bonds is 22. The minimum Gasteiger partial charge on any atom is -0.871 e. The summed E-state index contributed by atoms with van der Waals surface area (Å²) in [4.78, 5) is 97.9. The van der Waals surface area contributed by atoms with Crippen molar-refractivity contribution in [2.45, 2.75) is 27.7 Å². The summed E-state index contributed by atoms with van der Waals surface area (Å²) >= 11 is 0. The van der Waals surface area contributed by atoms with Crippen LogP contribution in [0.1, 0.15) is 49.9 Å². The number of aliphatic imine (C=N–C) groups is 4. The predicted octanol–water partition coefficient (Wildman–Crippen LogP) is 5.68. The zero-order valence-electron chi connectivity index (χ0n) is 67.2. The number of amides is 6. The summed E-state index contributed by atoms with van der Waals surface area (Å²) in [5, 5.41) is 123. The van der Waals surface area contributed by atoms with Crippen LogP contribution >= 0.6 is 0 Å². The van der Waals surface area contributed by atoms with Crippen molar-refractivity contribution in [2.75, 3.05) is 111 Å². The van der Waals surface area contributed by atoms with Crippen LogP contribution in [-0.2, 0) is 62.3 Å². The van der Waals surface area contributed by atoms with Crippen molar-refractivity contribution >= 4 is 86.1 Å². The summed E-state index contributed by atoms with van der Waals surface area (Å²) in [7, 11) is 20.2. The van der Waals surface area contributed by atoms with E-state index >= 15 is 0 Å². The summed E-state index contributed by atoms with van der Waals surface area (Å²) in [5.74, 6) is -0.424. The quantitative estimate of drug-likeness (QED) is 0.0341. The van der Waals surface area contributed by atoms with Gasteiger partial charge in [0.2, 0.25) is 38.5 Å². The molecule has 36 nitrogen and oxygen atoms in total. The van der Waals surface area contributed by atoms with E-state index in [4.69, 9.17) is 49.6 Å². The molecule has 0 fully saturated rings. The molecule has 8 aromatic rings. The average Bonchev–Trinajstić information content (AvgIpc) is 0.868. The molecule has 118 heavy (non-hydrogen) atoms. The van der Waals surface area contributed by atoms with Gasteiger partial charge in [-0.05, 0) is 98.5 Å². The second kappa shape index (κ2) is 77.1. The Kier molecular flexibility index (Phi) is 80.0. The smallest absolute Gasteiger partial charge is 0.871 e. The third kappa shape index (κ3) is 64.0. The van der Waals surface area contributed by atoms with Crippen LogP contribution in [0.4, 0.5) is 22.7 Å². The third-order valence-electron chi connectivity index (χ3n) is 11.3. The summed E-state index contributed by atoms with van der Waals surface area (Å²) < 4.78 is 20.9. The number of carbonyl (C=O) groups excluding carboxylic acids is 6. The van der Waals surface area contributed by atoms with Gasteiger partial charge in [-0.3, -0.25) is 48.7 Å². The molecule has 0 spiro atoms. The molecule has 8 aromatic carbocycles. The SMILES string of the molecule is CCOc1cccc(C=Nc2ccccc2[O-])c1[O-].CCOc1cccc(C=Nc2ccccc2[O-])c1[O-].CCOc1cccc(C=Nc2ccccc2[O-])c1[O-].CCOc1cccc(C=Nc2ccccc2[O-])c1[O-].CN(C)C=O.CN(C)C=O.CN(C)C=O.CN(C)C=O.CN(C)C=O.CN(C)C=O.O=[N+]([O-])[O-].O=[N+]([O-])[O-].[Co+2].[Co+3].[Dy+3].[Dy]. The van der Waals surface area contributed by atoms with Crippen LogP contribution in [0.2, 0.25) is 0 Å².